The normalized spacial score (nSPS) is 11.2. The van der Waals surface area contributed by atoms with Gasteiger partial charge in [-0.3, -0.25) is 4.79 Å². The lowest BCUT2D eigenvalue weighted by Gasteiger charge is -2.10. The maximum absolute atomic E-state index is 13.0. The fraction of sp³-hybridized carbons (Fsp3) is 0.0417. The maximum atomic E-state index is 13.0. The number of hydrogen-bond donors (Lipinski definition) is 2. The Bertz CT molecular complexity index is 1320. The largest absolute Gasteiger partial charge is 0.507 e. The summed E-state index contributed by atoms with van der Waals surface area (Å²) in [5, 5.41) is 14.7. The summed E-state index contributed by atoms with van der Waals surface area (Å²) in [6.45, 7) is 1.97. The first-order valence-electron chi connectivity index (χ1n) is 9.40. The molecule has 0 unspecified atom stereocenters. The van der Waals surface area contributed by atoms with E-state index in [9.17, 15) is 9.90 Å². The predicted molar refractivity (Wildman–Crippen MR) is 130 cm³/mol. The molecule has 0 radical (unpaired) electrons. The van der Waals surface area contributed by atoms with Gasteiger partial charge in [0, 0.05) is 25.5 Å². The Morgan fingerprint density at radius 3 is 2.52 bits per heavy atom. The topological polar surface area (TPSA) is 74.6 Å². The molecule has 0 saturated heterocycles. The average molecular weight is 539 g/mol. The second-order valence-electron chi connectivity index (χ2n) is 6.98. The van der Waals surface area contributed by atoms with Gasteiger partial charge in [-0.1, -0.05) is 55.6 Å². The van der Waals surface area contributed by atoms with Gasteiger partial charge < -0.3 is 5.11 Å². The Morgan fingerprint density at radius 1 is 1.00 bits per heavy atom. The van der Waals surface area contributed by atoms with E-state index in [2.05, 4.69) is 42.4 Å². The van der Waals surface area contributed by atoms with Gasteiger partial charge in [-0.2, -0.15) is 5.10 Å². The minimum absolute atomic E-state index is 0.0729. The van der Waals surface area contributed by atoms with E-state index in [1.54, 1.807) is 24.3 Å². The van der Waals surface area contributed by atoms with E-state index in [-0.39, 0.29) is 11.7 Å². The molecule has 0 bridgehead atoms. The Kier molecular flexibility index (Phi) is 6.15. The summed E-state index contributed by atoms with van der Waals surface area (Å²) in [6.07, 6.45) is 1.41. The van der Waals surface area contributed by atoms with E-state index < -0.39 is 0 Å². The number of hydrogen-bond acceptors (Lipinski definition) is 4. The van der Waals surface area contributed by atoms with Crippen molar-refractivity contribution >= 4 is 54.9 Å². The van der Waals surface area contributed by atoms with Crippen molar-refractivity contribution in [3.63, 3.8) is 0 Å². The summed E-state index contributed by atoms with van der Waals surface area (Å²) in [5.74, 6) is -0.286. The number of nitrogens with zero attached hydrogens (tertiary/aromatic N) is 2. The summed E-state index contributed by atoms with van der Waals surface area (Å²) in [5.41, 5.74) is 6.88. The third kappa shape index (κ3) is 4.84. The van der Waals surface area contributed by atoms with Crippen LogP contribution in [0.15, 0.2) is 80.8 Å². The van der Waals surface area contributed by atoms with Gasteiger partial charge in [-0.05, 0) is 55.5 Å². The number of phenols is 1. The van der Waals surface area contributed by atoms with E-state index in [1.807, 2.05) is 49.4 Å². The molecule has 0 fully saturated rings. The van der Waals surface area contributed by atoms with Crippen LogP contribution in [0.4, 0.5) is 0 Å². The molecule has 1 aromatic heterocycles. The summed E-state index contributed by atoms with van der Waals surface area (Å²) in [6, 6.07) is 20.3. The van der Waals surface area contributed by atoms with Crippen molar-refractivity contribution in [2.75, 3.05) is 0 Å². The number of halogens is 2. The predicted octanol–water partition coefficient (Wildman–Crippen LogP) is 6.20. The highest BCUT2D eigenvalue weighted by Gasteiger charge is 2.14. The highest BCUT2D eigenvalue weighted by molar-refractivity contribution is 9.10. The van der Waals surface area contributed by atoms with E-state index in [1.165, 1.54) is 6.21 Å². The molecule has 7 heteroatoms. The number of pyridine rings is 1. The van der Waals surface area contributed by atoms with Crippen LogP contribution in [-0.4, -0.2) is 22.2 Å². The SMILES string of the molecule is Cc1ccc2nc(-c3ccc(Br)cc3)cc(C(=O)NN=Cc3cc(Br)ccc3O)c2c1. The lowest BCUT2D eigenvalue weighted by Crippen LogP contribution is -2.18. The number of fused-ring (bicyclic) bond motifs is 1. The summed E-state index contributed by atoms with van der Waals surface area (Å²) in [7, 11) is 0. The van der Waals surface area contributed by atoms with Crippen molar-refractivity contribution in [3.8, 4) is 17.0 Å². The second-order valence-corrected chi connectivity index (χ2v) is 8.82. The first-order valence-corrected chi connectivity index (χ1v) is 11.0. The van der Waals surface area contributed by atoms with Crippen LogP contribution < -0.4 is 5.43 Å². The molecule has 1 amide bonds. The summed E-state index contributed by atoms with van der Waals surface area (Å²) >= 11 is 6.79. The number of nitrogens with one attached hydrogen (secondary N) is 1. The number of aromatic hydroxyl groups is 1. The standard InChI is InChI=1S/C24H17Br2N3O2/c1-14-2-8-21-19(10-14)20(12-22(28-21)15-3-5-17(25)6-4-15)24(31)29-27-13-16-11-18(26)7-9-23(16)30/h2-13,30H,1H3,(H,29,31). The Hall–Kier alpha value is -3.03. The number of hydrazone groups is 1. The van der Waals surface area contributed by atoms with Crippen LogP contribution in [0.25, 0.3) is 22.2 Å². The molecule has 0 aliphatic rings. The number of aryl methyl sites for hydroxylation is 1. The number of aromatic nitrogens is 1. The van der Waals surface area contributed by atoms with Crippen LogP contribution in [-0.2, 0) is 0 Å². The van der Waals surface area contributed by atoms with Crippen LogP contribution >= 0.6 is 31.9 Å². The fourth-order valence-electron chi connectivity index (χ4n) is 3.15. The average Bonchev–Trinajstić information content (AvgIpc) is 2.76. The van der Waals surface area contributed by atoms with Gasteiger partial charge in [-0.15, -0.1) is 0 Å². The first kappa shape index (κ1) is 21.2. The molecule has 0 saturated carbocycles. The van der Waals surface area contributed by atoms with E-state index >= 15 is 0 Å². The van der Waals surface area contributed by atoms with Crippen molar-refractivity contribution in [2.24, 2.45) is 5.10 Å². The smallest absolute Gasteiger partial charge is 0.272 e. The van der Waals surface area contributed by atoms with Crippen molar-refractivity contribution in [1.29, 1.82) is 0 Å². The van der Waals surface area contributed by atoms with E-state index in [0.717, 1.165) is 31.0 Å². The molecule has 4 aromatic rings. The number of phenolic OH excluding ortho intramolecular Hbond substituents is 1. The zero-order chi connectivity index (χ0) is 22.0. The van der Waals surface area contributed by atoms with Crippen molar-refractivity contribution in [3.05, 3.63) is 92.4 Å². The second kappa shape index (κ2) is 8.99. The highest BCUT2D eigenvalue weighted by Crippen LogP contribution is 2.27. The first-order chi connectivity index (χ1) is 14.9. The van der Waals surface area contributed by atoms with Gasteiger partial charge >= 0.3 is 0 Å². The van der Waals surface area contributed by atoms with Crippen LogP contribution in [0.3, 0.4) is 0 Å². The van der Waals surface area contributed by atoms with Crippen LogP contribution in [0.5, 0.6) is 5.75 Å². The molecule has 0 aliphatic carbocycles. The Labute approximate surface area is 196 Å². The van der Waals surface area contributed by atoms with Gasteiger partial charge in [0.15, 0.2) is 0 Å². The zero-order valence-electron chi connectivity index (χ0n) is 16.4. The molecule has 0 atom stereocenters. The molecular weight excluding hydrogens is 522 g/mol. The van der Waals surface area contributed by atoms with Gasteiger partial charge in [0.1, 0.15) is 5.75 Å². The molecule has 4 rings (SSSR count). The van der Waals surface area contributed by atoms with Crippen LogP contribution in [0.2, 0.25) is 0 Å². The van der Waals surface area contributed by atoms with Crippen LogP contribution in [0, 0.1) is 6.92 Å². The molecule has 3 aromatic carbocycles. The van der Waals surface area contributed by atoms with Crippen molar-refractivity contribution < 1.29 is 9.90 Å². The van der Waals surface area contributed by atoms with Crippen molar-refractivity contribution in [2.45, 2.75) is 6.92 Å². The van der Waals surface area contributed by atoms with E-state index in [0.29, 0.717) is 16.8 Å². The fourth-order valence-corrected chi connectivity index (χ4v) is 3.79. The minimum Gasteiger partial charge on any atom is -0.507 e. The zero-order valence-corrected chi connectivity index (χ0v) is 19.6. The molecule has 154 valence electrons. The highest BCUT2D eigenvalue weighted by atomic mass is 79.9. The molecule has 0 aliphatic heterocycles. The molecular formula is C24H17Br2N3O2. The molecule has 5 nitrogen and oxygen atoms in total. The number of benzene rings is 3. The Balaban J connectivity index is 1.71. The molecule has 2 N–H and O–H groups in total. The van der Waals surface area contributed by atoms with Gasteiger partial charge in [0.05, 0.1) is 23.0 Å². The lowest BCUT2D eigenvalue weighted by molar-refractivity contribution is 0.0956. The summed E-state index contributed by atoms with van der Waals surface area (Å²) in [4.78, 5) is 17.8. The minimum atomic E-state index is -0.359. The van der Waals surface area contributed by atoms with Gasteiger partial charge in [0.25, 0.3) is 5.91 Å². The third-order valence-corrected chi connectivity index (χ3v) is 5.73. The number of rotatable bonds is 4. The third-order valence-electron chi connectivity index (χ3n) is 4.71. The van der Waals surface area contributed by atoms with Gasteiger partial charge in [0.2, 0.25) is 0 Å². The maximum Gasteiger partial charge on any atom is 0.272 e. The quantitative estimate of drug-likeness (QED) is 0.240. The van der Waals surface area contributed by atoms with Gasteiger partial charge in [-0.25, -0.2) is 10.4 Å². The van der Waals surface area contributed by atoms with E-state index in [4.69, 9.17) is 4.98 Å². The lowest BCUT2D eigenvalue weighted by atomic mass is 10.0. The number of carbonyl (C=O) groups excluding carboxylic acids is 1. The number of carbonyl (C=O) groups is 1. The number of amides is 1. The summed E-state index contributed by atoms with van der Waals surface area (Å²) < 4.78 is 1.77. The Morgan fingerprint density at radius 2 is 1.74 bits per heavy atom. The van der Waals surface area contributed by atoms with Crippen molar-refractivity contribution in [1.82, 2.24) is 10.4 Å². The molecule has 0 spiro atoms. The molecule has 1 heterocycles. The van der Waals surface area contributed by atoms with Crippen LogP contribution in [0.1, 0.15) is 21.5 Å². The monoisotopic (exact) mass is 537 g/mol. The molecule has 31 heavy (non-hydrogen) atoms.